The van der Waals surface area contributed by atoms with Crippen LogP contribution in [0.25, 0.3) is 0 Å². The van der Waals surface area contributed by atoms with E-state index in [0.29, 0.717) is 24.7 Å². The maximum atomic E-state index is 11.4. The average Bonchev–Trinajstić information content (AvgIpc) is 2.35. The SMILES string of the molecule is CCOC(CNC(=O)NCCS(=O)CC)CC(=O)O. The van der Waals surface area contributed by atoms with Crippen molar-refractivity contribution in [2.75, 3.05) is 31.2 Å². The first kappa shape index (κ1) is 17.8. The van der Waals surface area contributed by atoms with Gasteiger partial charge in [0.1, 0.15) is 0 Å². The molecule has 0 rings (SSSR count). The van der Waals surface area contributed by atoms with Crippen LogP contribution in [0.5, 0.6) is 0 Å². The Bertz CT molecular complexity index is 311. The standard InChI is InChI=1S/C11H22N2O5S/c1-3-18-9(7-10(14)15)8-13-11(16)12-5-6-19(17)4-2/h9H,3-8H2,1-2H3,(H,14,15)(H2,12,13,16). The third kappa shape index (κ3) is 10.5. The van der Waals surface area contributed by atoms with Gasteiger partial charge in [-0.3, -0.25) is 9.00 Å². The van der Waals surface area contributed by atoms with Crippen molar-refractivity contribution in [2.24, 2.45) is 0 Å². The zero-order valence-corrected chi connectivity index (χ0v) is 12.1. The van der Waals surface area contributed by atoms with Gasteiger partial charge >= 0.3 is 12.0 Å². The maximum absolute atomic E-state index is 11.4. The van der Waals surface area contributed by atoms with E-state index in [9.17, 15) is 13.8 Å². The number of aliphatic carboxylic acids is 1. The molecule has 3 N–H and O–H groups in total. The van der Waals surface area contributed by atoms with Crippen LogP contribution in [0.2, 0.25) is 0 Å². The topological polar surface area (TPSA) is 105 Å². The molecule has 0 saturated carbocycles. The number of carboxylic acid groups (broad SMARTS) is 1. The minimum atomic E-state index is -0.973. The summed E-state index contributed by atoms with van der Waals surface area (Å²) in [7, 11) is -0.912. The van der Waals surface area contributed by atoms with Crippen molar-refractivity contribution in [3.05, 3.63) is 0 Å². The highest BCUT2D eigenvalue weighted by Crippen LogP contribution is 1.97. The Labute approximate surface area is 115 Å². The number of carbonyl (C=O) groups is 2. The van der Waals surface area contributed by atoms with Crippen molar-refractivity contribution < 1.29 is 23.6 Å². The van der Waals surface area contributed by atoms with Gasteiger partial charge in [-0.15, -0.1) is 0 Å². The lowest BCUT2D eigenvalue weighted by molar-refractivity contribution is -0.140. The van der Waals surface area contributed by atoms with E-state index in [1.54, 1.807) is 6.92 Å². The number of ether oxygens (including phenoxy) is 1. The van der Waals surface area contributed by atoms with E-state index < -0.39 is 28.9 Å². The molecule has 0 aromatic heterocycles. The summed E-state index contributed by atoms with van der Waals surface area (Å²) in [5.41, 5.74) is 0. The minimum absolute atomic E-state index is 0.128. The highest BCUT2D eigenvalue weighted by molar-refractivity contribution is 7.84. The number of hydrogen-bond donors (Lipinski definition) is 3. The molecule has 0 aromatic rings. The van der Waals surface area contributed by atoms with E-state index in [1.165, 1.54) is 0 Å². The molecule has 19 heavy (non-hydrogen) atoms. The summed E-state index contributed by atoms with van der Waals surface area (Å²) in [6.07, 6.45) is -0.702. The molecule has 0 saturated heterocycles. The molecule has 0 radical (unpaired) electrons. The van der Waals surface area contributed by atoms with E-state index in [1.807, 2.05) is 6.92 Å². The van der Waals surface area contributed by atoms with Crippen LogP contribution in [0, 0.1) is 0 Å². The molecule has 0 bridgehead atoms. The van der Waals surface area contributed by atoms with Gasteiger partial charge in [-0.05, 0) is 6.92 Å². The summed E-state index contributed by atoms with van der Waals surface area (Å²) < 4.78 is 16.3. The van der Waals surface area contributed by atoms with Crippen molar-refractivity contribution in [1.29, 1.82) is 0 Å². The Kier molecular flexibility index (Phi) is 10.1. The van der Waals surface area contributed by atoms with Crippen LogP contribution >= 0.6 is 0 Å². The second-order valence-corrected chi connectivity index (χ2v) is 5.61. The van der Waals surface area contributed by atoms with Crippen LogP contribution in [0.1, 0.15) is 20.3 Å². The first-order valence-electron chi connectivity index (χ1n) is 6.19. The molecule has 0 fully saturated rings. The zero-order valence-electron chi connectivity index (χ0n) is 11.3. The van der Waals surface area contributed by atoms with Gasteiger partial charge in [0.2, 0.25) is 0 Å². The number of nitrogens with one attached hydrogen (secondary N) is 2. The summed E-state index contributed by atoms with van der Waals surface area (Å²) in [6.45, 7) is 4.41. The van der Waals surface area contributed by atoms with Gasteiger partial charge in [-0.25, -0.2) is 4.79 Å². The van der Waals surface area contributed by atoms with E-state index in [2.05, 4.69) is 10.6 Å². The molecule has 7 nitrogen and oxygen atoms in total. The molecule has 112 valence electrons. The summed E-state index contributed by atoms with van der Waals surface area (Å²) in [5.74, 6) is 0.00132. The van der Waals surface area contributed by atoms with E-state index in [4.69, 9.17) is 9.84 Å². The Hall–Kier alpha value is -1.15. The lowest BCUT2D eigenvalue weighted by Gasteiger charge is -2.16. The van der Waals surface area contributed by atoms with Gasteiger partial charge in [0, 0.05) is 42.0 Å². The number of amides is 2. The first-order valence-corrected chi connectivity index (χ1v) is 7.68. The molecule has 2 atom stereocenters. The second-order valence-electron chi connectivity index (χ2n) is 3.74. The second kappa shape index (κ2) is 10.7. The molecular weight excluding hydrogens is 272 g/mol. The number of rotatable bonds is 10. The number of urea groups is 1. The third-order valence-corrected chi connectivity index (χ3v) is 3.54. The zero-order chi connectivity index (χ0) is 14.7. The lowest BCUT2D eigenvalue weighted by atomic mass is 10.2. The molecule has 2 amide bonds. The Morgan fingerprint density at radius 1 is 1.32 bits per heavy atom. The maximum Gasteiger partial charge on any atom is 0.314 e. The quantitative estimate of drug-likeness (QED) is 0.523. The van der Waals surface area contributed by atoms with Crippen LogP contribution in [0.3, 0.4) is 0 Å². The molecule has 0 aliphatic rings. The lowest BCUT2D eigenvalue weighted by Crippen LogP contribution is -2.42. The van der Waals surface area contributed by atoms with Crippen LogP contribution in [-0.2, 0) is 20.3 Å². The van der Waals surface area contributed by atoms with Crippen molar-refractivity contribution in [2.45, 2.75) is 26.4 Å². The molecule has 0 aliphatic carbocycles. The van der Waals surface area contributed by atoms with Crippen molar-refractivity contribution in [1.82, 2.24) is 10.6 Å². The smallest absolute Gasteiger partial charge is 0.314 e. The van der Waals surface area contributed by atoms with Gasteiger partial charge in [-0.2, -0.15) is 0 Å². The van der Waals surface area contributed by atoms with Crippen LogP contribution in [0.15, 0.2) is 0 Å². The fourth-order valence-corrected chi connectivity index (χ4v) is 1.93. The van der Waals surface area contributed by atoms with Gasteiger partial charge in [0.15, 0.2) is 0 Å². The van der Waals surface area contributed by atoms with Gasteiger partial charge < -0.3 is 20.5 Å². The highest BCUT2D eigenvalue weighted by Gasteiger charge is 2.14. The first-order chi connectivity index (χ1) is 8.99. The predicted octanol–water partition coefficient (Wildman–Crippen LogP) is -0.0660. The predicted molar refractivity (Wildman–Crippen MR) is 72.6 cm³/mol. The Morgan fingerprint density at radius 3 is 2.53 bits per heavy atom. The fourth-order valence-electron chi connectivity index (χ4n) is 1.31. The molecule has 0 aromatic carbocycles. The molecule has 0 aliphatic heterocycles. The number of carbonyl (C=O) groups excluding carboxylic acids is 1. The number of hydrogen-bond acceptors (Lipinski definition) is 4. The van der Waals surface area contributed by atoms with Gasteiger partial charge in [0.05, 0.1) is 12.5 Å². The fraction of sp³-hybridized carbons (Fsp3) is 0.818. The monoisotopic (exact) mass is 294 g/mol. The largest absolute Gasteiger partial charge is 0.481 e. The van der Waals surface area contributed by atoms with Gasteiger partial charge in [-0.1, -0.05) is 6.92 Å². The van der Waals surface area contributed by atoms with Crippen LogP contribution in [0.4, 0.5) is 4.79 Å². The molecule has 2 unspecified atom stereocenters. The minimum Gasteiger partial charge on any atom is -0.481 e. The van der Waals surface area contributed by atoms with E-state index in [-0.39, 0.29) is 13.0 Å². The Morgan fingerprint density at radius 2 is 2.00 bits per heavy atom. The Balaban J connectivity index is 3.84. The third-order valence-electron chi connectivity index (χ3n) is 2.23. The molecule has 8 heteroatoms. The van der Waals surface area contributed by atoms with Crippen molar-refractivity contribution in [3.8, 4) is 0 Å². The van der Waals surface area contributed by atoms with Gasteiger partial charge in [0.25, 0.3) is 0 Å². The summed E-state index contributed by atoms with van der Waals surface area (Å²) in [6, 6.07) is -0.414. The molecule has 0 heterocycles. The molecule has 0 spiro atoms. The summed E-state index contributed by atoms with van der Waals surface area (Å²) >= 11 is 0. The summed E-state index contributed by atoms with van der Waals surface area (Å²) in [4.78, 5) is 22.0. The average molecular weight is 294 g/mol. The normalized spacial score (nSPS) is 13.6. The van der Waals surface area contributed by atoms with Crippen LogP contribution in [-0.4, -0.2) is 58.6 Å². The van der Waals surface area contributed by atoms with Crippen molar-refractivity contribution >= 4 is 22.8 Å². The van der Waals surface area contributed by atoms with Crippen LogP contribution < -0.4 is 10.6 Å². The summed E-state index contributed by atoms with van der Waals surface area (Å²) in [5, 5.41) is 13.7. The van der Waals surface area contributed by atoms with E-state index in [0.717, 1.165) is 0 Å². The number of carboxylic acids is 1. The molecular formula is C11H22N2O5S. The highest BCUT2D eigenvalue weighted by atomic mass is 32.2. The van der Waals surface area contributed by atoms with Crippen molar-refractivity contribution in [3.63, 3.8) is 0 Å². The van der Waals surface area contributed by atoms with E-state index >= 15 is 0 Å².